The Hall–Kier alpha value is -1.16. The summed E-state index contributed by atoms with van der Waals surface area (Å²) in [7, 11) is 0. The lowest BCUT2D eigenvalue weighted by Crippen LogP contribution is -1.89. The zero-order chi connectivity index (χ0) is 14.6. The van der Waals surface area contributed by atoms with Crippen molar-refractivity contribution in [2.45, 2.75) is 20.3 Å². The maximum Gasteiger partial charge on any atom is 0.146 e. The SMILES string of the molecule is CC(C)Cc1cc2c(ccc3c4ccnc(Cl)c4sc23)s1. The van der Waals surface area contributed by atoms with Crippen LogP contribution in [0.5, 0.6) is 0 Å². The smallest absolute Gasteiger partial charge is 0.146 e. The van der Waals surface area contributed by atoms with Crippen LogP contribution in [-0.2, 0) is 6.42 Å². The average molecular weight is 332 g/mol. The first kappa shape index (κ1) is 13.5. The van der Waals surface area contributed by atoms with Gasteiger partial charge in [0, 0.05) is 36.6 Å². The zero-order valence-electron chi connectivity index (χ0n) is 11.8. The summed E-state index contributed by atoms with van der Waals surface area (Å²) in [6.45, 7) is 4.54. The van der Waals surface area contributed by atoms with Crippen molar-refractivity contribution in [2.24, 2.45) is 5.92 Å². The normalized spacial score (nSPS) is 12.2. The molecule has 3 aromatic heterocycles. The lowest BCUT2D eigenvalue weighted by Gasteiger charge is -1.98. The summed E-state index contributed by atoms with van der Waals surface area (Å²) in [5, 5.41) is 4.49. The molecule has 0 aliphatic rings. The van der Waals surface area contributed by atoms with E-state index in [-0.39, 0.29) is 0 Å². The Labute approximate surface area is 136 Å². The molecule has 1 nitrogen and oxygen atoms in total. The van der Waals surface area contributed by atoms with E-state index in [4.69, 9.17) is 11.6 Å². The van der Waals surface area contributed by atoms with Crippen LogP contribution in [0, 0.1) is 5.92 Å². The van der Waals surface area contributed by atoms with Gasteiger partial charge in [0.1, 0.15) is 5.15 Å². The van der Waals surface area contributed by atoms with E-state index in [0.717, 1.165) is 11.1 Å². The Morgan fingerprint density at radius 2 is 1.86 bits per heavy atom. The molecule has 0 bridgehead atoms. The summed E-state index contributed by atoms with van der Waals surface area (Å²) >= 11 is 9.93. The second-order valence-electron chi connectivity index (χ2n) is 5.75. The fourth-order valence-electron chi connectivity index (χ4n) is 2.80. The molecule has 4 aromatic rings. The maximum atomic E-state index is 6.26. The first-order valence-electron chi connectivity index (χ1n) is 7.01. The van der Waals surface area contributed by atoms with Gasteiger partial charge in [-0.15, -0.1) is 22.7 Å². The highest BCUT2D eigenvalue weighted by Gasteiger charge is 2.13. The van der Waals surface area contributed by atoms with Gasteiger partial charge in [-0.2, -0.15) is 0 Å². The summed E-state index contributed by atoms with van der Waals surface area (Å²) in [5.74, 6) is 0.689. The van der Waals surface area contributed by atoms with E-state index in [1.807, 2.05) is 11.3 Å². The summed E-state index contributed by atoms with van der Waals surface area (Å²) in [5.41, 5.74) is 0. The molecule has 0 N–H and O–H groups in total. The number of fused-ring (bicyclic) bond motifs is 5. The van der Waals surface area contributed by atoms with Gasteiger partial charge in [-0.1, -0.05) is 31.5 Å². The van der Waals surface area contributed by atoms with Crippen LogP contribution in [0.25, 0.3) is 30.3 Å². The molecule has 1 aromatic carbocycles. The van der Waals surface area contributed by atoms with Crippen molar-refractivity contribution < 1.29 is 0 Å². The summed E-state index contributed by atoms with van der Waals surface area (Å²) < 4.78 is 3.80. The Balaban J connectivity index is 2.06. The fourth-order valence-corrected chi connectivity index (χ4v) is 5.61. The number of halogens is 1. The number of hydrogen-bond acceptors (Lipinski definition) is 3. The Bertz CT molecular complexity index is 965. The van der Waals surface area contributed by atoms with Gasteiger partial charge in [0.15, 0.2) is 0 Å². The Morgan fingerprint density at radius 3 is 2.67 bits per heavy atom. The number of nitrogens with zero attached hydrogens (tertiary/aromatic N) is 1. The molecule has 0 atom stereocenters. The molecule has 0 amide bonds. The topological polar surface area (TPSA) is 12.9 Å². The van der Waals surface area contributed by atoms with Crippen LogP contribution < -0.4 is 0 Å². The largest absolute Gasteiger partial charge is 0.243 e. The summed E-state index contributed by atoms with van der Waals surface area (Å²) in [6, 6.07) is 8.89. The molecule has 0 aliphatic carbocycles. The first-order valence-corrected chi connectivity index (χ1v) is 9.02. The van der Waals surface area contributed by atoms with Gasteiger partial charge < -0.3 is 0 Å². The fraction of sp³-hybridized carbons (Fsp3) is 0.235. The van der Waals surface area contributed by atoms with E-state index >= 15 is 0 Å². The van der Waals surface area contributed by atoms with E-state index < -0.39 is 0 Å². The number of hydrogen-bond donors (Lipinski definition) is 0. The maximum absolute atomic E-state index is 6.26. The third kappa shape index (κ3) is 2.15. The first-order chi connectivity index (χ1) is 10.1. The van der Waals surface area contributed by atoms with Crippen LogP contribution in [0.4, 0.5) is 0 Å². The van der Waals surface area contributed by atoms with E-state index in [9.17, 15) is 0 Å². The number of benzene rings is 1. The minimum Gasteiger partial charge on any atom is -0.243 e. The Morgan fingerprint density at radius 1 is 1.05 bits per heavy atom. The summed E-state index contributed by atoms with van der Waals surface area (Å²) in [4.78, 5) is 5.67. The zero-order valence-corrected chi connectivity index (χ0v) is 14.2. The third-order valence-electron chi connectivity index (χ3n) is 3.67. The molecular weight excluding hydrogens is 318 g/mol. The lowest BCUT2D eigenvalue weighted by molar-refractivity contribution is 0.654. The molecular formula is C17H14ClNS2. The number of aromatic nitrogens is 1. The van der Waals surface area contributed by atoms with Crippen LogP contribution in [0.2, 0.25) is 5.15 Å². The molecule has 3 heterocycles. The van der Waals surface area contributed by atoms with Crippen LogP contribution >= 0.6 is 34.3 Å². The van der Waals surface area contributed by atoms with Crippen molar-refractivity contribution in [3.8, 4) is 0 Å². The molecule has 0 saturated heterocycles. The van der Waals surface area contributed by atoms with E-state index in [2.05, 4.69) is 43.1 Å². The molecule has 0 unspecified atom stereocenters. The van der Waals surface area contributed by atoms with Crippen LogP contribution in [0.15, 0.2) is 30.5 Å². The molecule has 0 spiro atoms. The van der Waals surface area contributed by atoms with Crippen LogP contribution in [0.1, 0.15) is 18.7 Å². The van der Waals surface area contributed by atoms with Crippen molar-refractivity contribution in [3.05, 3.63) is 40.5 Å². The van der Waals surface area contributed by atoms with Crippen LogP contribution in [-0.4, -0.2) is 4.98 Å². The highest BCUT2D eigenvalue weighted by Crippen LogP contribution is 2.42. The second kappa shape index (κ2) is 4.94. The molecule has 4 heteroatoms. The minimum atomic E-state index is 0.611. The quantitative estimate of drug-likeness (QED) is 0.381. The van der Waals surface area contributed by atoms with Crippen molar-refractivity contribution in [2.75, 3.05) is 0 Å². The Kier molecular flexibility index (Phi) is 3.18. The van der Waals surface area contributed by atoms with Crippen molar-refractivity contribution >= 4 is 64.5 Å². The molecule has 0 radical (unpaired) electrons. The molecule has 0 saturated carbocycles. The molecule has 0 aliphatic heterocycles. The van der Waals surface area contributed by atoms with Gasteiger partial charge >= 0.3 is 0 Å². The average Bonchev–Trinajstić information content (AvgIpc) is 2.99. The number of pyridine rings is 1. The second-order valence-corrected chi connectivity index (χ2v) is 8.29. The van der Waals surface area contributed by atoms with Gasteiger partial charge in [-0.3, -0.25) is 0 Å². The molecule has 21 heavy (non-hydrogen) atoms. The van der Waals surface area contributed by atoms with Gasteiger partial charge in [-0.05, 0) is 30.5 Å². The minimum absolute atomic E-state index is 0.611. The predicted octanol–water partition coefficient (Wildman–Crippen LogP) is 6.52. The standard InChI is InChI=1S/C17H14ClNS2/c1-9(2)7-10-8-13-14(20-10)4-3-11-12-5-6-19-17(18)16(12)21-15(11)13/h3-6,8-9H,7H2,1-2H3. The third-order valence-corrected chi connectivity index (χ3v) is 6.45. The van der Waals surface area contributed by atoms with Crippen molar-refractivity contribution in [3.63, 3.8) is 0 Å². The van der Waals surface area contributed by atoms with Gasteiger partial charge in [-0.25, -0.2) is 4.98 Å². The predicted molar refractivity (Wildman–Crippen MR) is 96.1 cm³/mol. The van der Waals surface area contributed by atoms with Gasteiger partial charge in [0.05, 0.1) is 4.70 Å². The van der Waals surface area contributed by atoms with Gasteiger partial charge in [0.25, 0.3) is 0 Å². The highest BCUT2D eigenvalue weighted by molar-refractivity contribution is 7.28. The summed E-state index contributed by atoms with van der Waals surface area (Å²) in [6.07, 6.45) is 2.94. The van der Waals surface area contributed by atoms with E-state index in [1.165, 1.54) is 30.4 Å². The molecule has 4 rings (SSSR count). The van der Waals surface area contributed by atoms with Crippen LogP contribution in [0.3, 0.4) is 0 Å². The van der Waals surface area contributed by atoms with Gasteiger partial charge in [0.2, 0.25) is 0 Å². The monoisotopic (exact) mass is 331 g/mol. The van der Waals surface area contributed by atoms with E-state index in [1.54, 1.807) is 17.5 Å². The molecule has 106 valence electrons. The highest BCUT2D eigenvalue weighted by atomic mass is 35.5. The lowest BCUT2D eigenvalue weighted by atomic mass is 10.1. The van der Waals surface area contributed by atoms with Crippen molar-refractivity contribution in [1.29, 1.82) is 0 Å². The van der Waals surface area contributed by atoms with E-state index in [0.29, 0.717) is 11.1 Å². The number of rotatable bonds is 2. The molecule has 0 fully saturated rings. The van der Waals surface area contributed by atoms with Crippen molar-refractivity contribution in [1.82, 2.24) is 4.98 Å². The number of thiophene rings is 2.